The normalized spacial score (nSPS) is 40.1. The molecule has 11 heteroatoms. The molecule has 9 atom stereocenters. The van der Waals surface area contributed by atoms with Crippen LogP contribution in [-0.4, -0.2) is 71.6 Å². The molecule has 2 saturated carbocycles. The number of carbonyl (C=O) groups excluding carboxylic acids is 4. The molecule has 4 aliphatic rings. The van der Waals surface area contributed by atoms with Gasteiger partial charge in [0.25, 0.3) is 0 Å². The van der Waals surface area contributed by atoms with Gasteiger partial charge in [0, 0.05) is 35.8 Å². The van der Waals surface area contributed by atoms with E-state index in [0.29, 0.717) is 5.57 Å². The quantitative estimate of drug-likeness (QED) is 0.153. The number of ether oxygens (including phenoxy) is 5. The number of carboxylic acids is 1. The smallest absolute Gasteiger partial charge is 0.333 e. The van der Waals surface area contributed by atoms with Gasteiger partial charge in [-0.2, -0.15) is 0 Å². The van der Waals surface area contributed by atoms with Gasteiger partial charge in [-0.15, -0.1) is 0 Å². The third kappa shape index (κ3) is 4.47. The number of rotatable bonds is 7. The molecule has 3 fully saturated rings. The molecule has 1 spiro atoms. The summed E-state index contributed by atoms with van der Waals surface area (Å²) < 4.78 is 29.1. The first-order valence-corrected chi connectivity index (χ1v) is 14.0. The predicted octanol–water partition coefficient (Wildman–Crippen LogP) is 3.31. The summed E-state index contributed by atoms with van der Waals surface area (Å²) in [7, 11) is 1.25. The van der Waals surface area contributed by atoms with Crippen LogP contribution in [0, 0.1) is 28.6 Å². The van der Waals surface area contributed by atoms with Crippen LogP contribution in [0.5, 0.6) is 0 Å². The van der Waals surface area contributed by atoms with Gasteiger partial charge in [0.05, 0.1) is 31.0 Å². The van der Waals surface area contributed by atoms with Crippen molar-refractivity contribution in [3.05, 3.63) is 36.0 Å². The van der Waals surface area contributed by atoms with Crippen LogP contribution < -0.4 is 0 Å². The van der Waals surface area contributed by atoms with E-state index in [0.717, 1.165) is 0 Å². The first kappa shape index (κ1) is 31.5. The second-order valence-electron chi connectivity index (χ2n) is 12.7. The Kier molecular flexibility index (Phi) is 7.76. The molecule has 2 heterocycles. The van der Waals surface area contributed by atoms with Crippen molar-refractivity contribution in [2.24, 2.45) is 28.6 Å². The molecule has 0 aromatic rings. The van der Waals surface area contributed by atoms with Gasteiger partial charge in [0.2, 0.25) is 0 Å². The average molecular weight is 589 g/mol. The lowest BCUT2D eigenvalue weighted by atomic mass is 9.49. The molecule has 4 rings (SSSR count). The van der Waals surface area contributed by atoms with E-state index in [1.54, 1.807) is 53.7 Å². The number of epoxide rings is 1. The van der Waals surface area contributed by atoms with Gasteiger partial charge in [0.15, 0.2) is 0 Å². The predicted molar refractivity (Wildman–Crippen MR) is 146 cm³/mol. The van der Waals surface area contributed by atoms with Crippen molar-refractivity contribution in [3.63, 3.8) is 0 Å². The van der Waals surface area contributed by atoms with E-state index < -0.39 is 87.9 Å². The Labute approximate surface area is 245 Å². The minimum Gasteiger partial charge on any atom is -0.481 e. The first-order valence-electron chi connectivity index (χ1n) is 14.0. The molecule has 1 saturated heterocycles. The lowest BCUT2D eigenvalue weighted by Crippen LogP contribution is -2.67. The Hall–Kier alpha value is -3.47. The van der Waals surface area contributed by atoms with Crippen LogP contribution in [0.4, 0.5) is 0 Å². The third-order valence-electron chi connectivity index (χ3n) is 10.2. The van der Waals surface area contributed by atoms with Gasteiger partial charge < -0.3 is 28.8 Å². The van der Waals surface area contributed by atoms with Crippen LogP contribution in [0.15, 0.2) is 36.0 Å². The topological polar surface area (TPSA) is 155 Å². The monoisotopic (exact) mass is 588 g/mol. The molecular formula is C31H40O11. The van der Waals surface area contributed by atoms with Gasteiger partial charge in [-0.3, -0.25) is 14.4 Å². The van der Waals surface area contributed by atoms with Crippen molar-refractivity contribution in [2.45, 2.75) is 90.8 Å². The van der Waals surface area contributed by atoms with E-state index in [-0.39, 0.29) is 18.4 Å². The van der Waals surface area contributed by atoms with E-state index in [2.05, 4.69) is 6.58 Å². The molecule has 11 nitrogen and oxygen atoms in total. The Morgan fingerprint density at radius 1 is 1.14 bits per heavy atom. The molecular weight excluding hydrogens is 548 g/mol. The highest BCUT2D eigenvalue weighted by atomic mass is 16.6. The maximum atomic E-state index is 13.3. The number of carbonyl (C=O) groups is 5. The van der Waals surface area contributed by atoms with Crippen LogP contribution in [0.25, 0.3) is 0 Å². The van der Waals surface area contributed by atoms with E-state index in [4.69, 9.17) is 23.7 Å². The largest absolute Gasteiger partial charge is 0.481 e. The zero-order valence-corrected chi connectivity index (χ0v) is 25.3. The van der Waals surface area contributed by atoms with E-state index in [9.17, 15) is 29.1 Å². The summed E-state index contributed by atoms with van der Waals surface area (Å²) in [5.74, 6) is -6.37. The second kappa shape index (κ2) is 10.4. The van der Waals surface area contributed by atoms with Gasteiger partial charge in [-0.05, 0) is 39.7 Å². The molecule has 0 amide bonds. The van der Waals surface area contributed by atoms with E-state index >= 15 is 0 Å². The van der Waals surface area contributed by atoms with Gasteiger partial charge in [-0.1, -0.05) is 32.6 Å². The number of cyclic esters (lactones) is 1. The number of aliphatic carboxylic acids is 1. The molecule has 0 aromatic carbocycles. The van der Waals surface area contributed by atoms with Crippen molar-refractivity contribution < 1.29 is 52.8 Å². The van der Waals surface area contributed by atoms with Crippen molar-refractivity contribution in [1.82, 2.24) is 0 Å². The minimum absolute atomic E-state index is 0.131. The Bertz CT molecular complexity index is 1290. The number of hydrogen-bond donors (Lipinski definition) is 1. The first-order chi connectivity index (χ1) is 19.4. The number of carboxylic acid groups (broad SMARTS) is 1. The summed E-state index contributed by atoms with van der Waals surface area (Å²) in [6.45, 7) is 15.7. The summed E-state index contributed by atoms with van der Waals surface area (Å²) in [4.78, 5) is 64.2. The Morgan fingerprint density at radius 2 is 1.79 bits per heavy atom. The summed E-state index contributed by atoms with van der Waals surface area (Å²) >= 11 is 0. The molecule has 0 radical (unpaired) electrons. The van der Waals surface area contributed by atoms with Crippen LogP contribution >= 0.6 is 0 Å². The second-order valence-corrected chi connectivity index (χ2v) is 12.7. The van der Waals surface area contributed by atoms with Gasteiger partial charge >= 0.3 is 29.8 Å². The maximum Gasteiger partial charge on any atom is 0.333 e. The van der Waals surface area contributed by atoms with Crippen LogP contribution in [-0.2, 0) is 47.7 Å². The Morgan fingerprint density at radius 3 is 2.33 bits per heavy atom. The molecule has 2 aliphatic heterocycles. The highest BCUT2D eigenvalue weighted by molar-refractivity contribution is 5.88. The molecule has 230 valence electrons. The van der Waals surface area contributed by atoms with E-state index in [1.165, 1.54) is 20.1 Å². The molecule has 42 heavy (non-hydrogen) atoms. The SMILES string of the molecule is C=C1C(C2(C)C=CC(=O)OC(C)(C)C2CC(=O)OC)C(OC(C)=O)C(OC(=O)C(C)=CC)C2(C)C(C(=O)O)CC3OC132. The highest BCUT2D eigenvalue weighted by Gasteiger charge is 2.85. The number of methoxy groups -OCH3 is 1. The molecule has 0 bridgehead atoms. The lowest BCUT2D eigenvalue weighted by molar-refractivity contribution is -0.214. The average Bonchev–Trinajstić information content (AvgIpc) is 3.59. The molecule has 0 aromatic heterocycles. The fraction of sp³-hybridized carbons (Fsp3) is 0.645. The lowest BCUT2D eigenvalue weighted by Gasteiger charge is -2.58. The van der Waals surface area contributed by atoms with Gasteiger partial charge in [0.1, 0.15) is 23.4 Å². The molecule has 2 aliphatic carbocycles. The van der Waals surface area contributed by atoms with Crippen LogP contribution in [0.1, 0.15) is 61.3 Å². The summed E-state index contributed by atoms with van der Waals surface area (Å²) in [6.07, 6.45) is 1.29. The van der Waals surface area contributed by atoms with Crippen molar-refractivity contribution >= 4 is 29.8 Å². The van der Waals surface area contributed by atoms with Crippen LogP contribution in [0.2, 0.25) is 0 Å². The third-order valence-corrected chi connectivity index (χ3v) is 10.2. The number of hydrogen-bond acceptors (Lipinski definition) is 10. The fourth-order valence-corrected chi connectivity index (χ4v) is 8.02. The van der Waals surface area contributed by atoms with Crippen molar-refractivity contribution in [2.75, 3.05) is 7.11 Å². The van der Waals surface area contributed by atoms with Crippen molar-refractivity contribution in [1.29, 1.82) is 0 Å². The number of allylic oxidation sites excluding steroid dienone is 2. The van der Waals surface area contributed by atoms with E-state index in [1.807, 2.05) is 0 Å². The summed E-state index contributed by atoms with van der Waals surface area (Å²) in [5, 5.41) is 10.3. The highest BCUT2D eigenvalue weighted by Crippen LogP contribution is 2.74. The maximum absolute atomic E-state index is 13.3. The zero-order chi connectivity index (χ0) is 31.6. The van der Waals surface area contributed by atoms with Crippen LogP contribution in [0.3, 0.4) is 0 Å². The van der Waals surface area contributed by atoms with Crippen molar-refractivity contribution in [3.8, 4) is 0 Å². The van der Waals surface area contributed by atoms with Gasteiger partial charge in [-0.25, -0.2) is 9.59 Å². The zero-order valence-electron chi connectivity index (χ0n) is 25.3. The standard InChI is InChI=1S/C31H40O11/c1-10-15(2)27(37)40-25-24(39-17(4)32)23(16(3)31-20(41-31)13-18(26(35)36)30(25,31)8)29(7)12-11-21(33)42-28(5,6)19(29)14-22(34)38-9/h10-12,18-20,23-25H,3,13-14H2,1-2,4-9H3,(H,35,36). The fourth-order valence-electron chi connectivity index (χ4n) is 8.02. The number of esters is 4. The molecule has 1 N–H and O–H groups in total. The Balaban J connectivity index is 2.01. The molecule has 9 unspecified atom stereocenters. The summed E-state index contributed by atoms with van der Waals surface area (Å²) in [5.41, 5.74) is -4.31. The minimum atomic E-state index is -1.37. The summed E-state index contributed by atoms with van der Waals surface area (Å²) in [6, 6.07) is 0.